The number of hydrogen-bond donors (Lipinski definition) is 1. The minimum Gasteiger partial charge on any atom is -0.270 e. The van der Waals surface area contributed by atoms with Gasteiger partial charge in [0.05, 0.1) is 4.92 Å². The Morgan fingerprint density at radius 3 is 3.00 bits per heavy atom. The fourth-order valence-electron chi connectivity index (χ4n) is 1.15. The smallest absolute Gasteiger partial charge is 0.270 e. The van der Waals surface area contributed by atoms with Crippen LogP contribution in [0.1, 0.15) is 0 Å². The first-order valence-electron chi connectivity index (χ1n) is 3.47. The first-order valence-corrected chi connectivity index (χ1v) is 4.55. The number of benzene rings is 1. The highest BCUT2D eigenvalue weighted by Crippen LogP contribution is 2.25. The maximum Gasteiger partial charge on any atom is 0.294 e. The summed E-state index contributed by atoms with van der Waals surface area (Å²) in [6, 6.07) is 4.91. The third-order valence-corrected chi connectivity index (χ3v) is 2.55. The van der Waals surface area contributed by atoms with Crippen LogP contribution in [0.25, 0.3) is 10.9 Å². The van der Waals surface area contributed by atoms with Crippen molar-refractivity contribution < 1.29 is 4.92 Å². The Hall–Kier alpha value is -1.18. The van der Waals surface area contributed by atoms with Crippen molar-refractivity contribution in [3.05, 3.63) is 32.0 Å². The molecule has 0 saturated carbocycles. The van der Waals surface area contributed by atoms with Gasteiger partial charge in [-0.05, 0) is 28.7 Å². The van der Waals surface area contributed by atoms with Gasteiger partial charge in [0, 0.05) is 11.5 Å². The van der Waals surface area contributed by atoms with E-state index in [1.165, 1.54) is 6.07 Å². The molecular weight excluding hydrogens is 285 g/mol. The Kier molecular flexibility index (Phi) is 1.91. The zero-order valence-corrected chi connectivity index (χ0v) is 8.48. The van der Waals surface area contributed by atoms with Gasteiger partial charge in [0.15, 0.2) is 0 Å². The number of aromatic amines is 1. The second-order valence-corrected chi connectivity index (χ2v) is 3.49. The number of nitrogens with one attached hydrogen (secondary N) is 1. The molecular formula is C7H4IN3O2. The Labute approximate surface area is 86.4 Å². The SMILES string of the molecule is O=[N+]([O-])c1cccc2c(I)n[nH]c12. The van der Waals surface area contributed by atoms with Crippen LogP contribution in [-0.4, -0.2) is 15.1 Å². The van der Waals surface area contributed by atoms with Crippen LogP contribution < -0.4 is 0 Å². The zero-order valence-electron chi connectivity index (χ0n) is 6.32. The molecule has 2 rings (SSSR count). The van der Waals surface area contributed by atoms with Crippen molar-refractivity contribution in [1.29, 1.82) is 0 Å². The quantitative estimate of drug-likeness (QED) is 0.496. The van der Waals surface area contributed by atoms with Gasteiger partial charge in [-0.15, -0.1) is 0 Å². The molecule has 1 N–H and O–H groups in total. The maximum atomic E-state index is 10.6. The molecule has 1 aromatic heterocycles. The standard InChI is InChI=1S/C7H4IN3O2/c8-7-4-2-1-3-5(11(12)13)6(4)9-10-7/h1-3H,(H,9,10). The monoisotopic (exact) mass is 289 g/mol. The largest absolute Gasteiger partial charge is 0.294 e. The van der Waals surface area contributed by atoms with E-state index in [4.69, 9.17) is 0 Å². The molecule has 5 nitrogen and oxygen atoms in total. The number of H-pyrrole nitrogens is 1. The van der Waals surface area contributed by atoms with Crippen LogP contribution in [-0.2, 0) is 0 Å². The van der Waals surface area contributed by atoms with Crippen LogP contribution in [0.4, 0.5) is 5.69 Å². The first kappa shape index (κ1) is 8.42. The number of rotatable bonds is 1. The molecule has 6 heteroatoms. The molecule has 0 aliphatic heterocycles. The molecule has 0 unspecified atom stereocenters. The van der Waals surface area contributed by atoms with E-state index in [9.17, 15) is 10.1 Å². The van der Waals surface area contributed by atoms with E-state index in [0.717, 1.165) is 9.09 Å². The molecule has 0 radical (unpaired) electrons. The fraction of sp³-hybridized carbons (Fsp3) is 0. The molecule has 1 aromatic carbocycles. The van der Waals surface area contributed by atoms with Crippen LogP contribution in [0.5, 0.6) is 0 Å². The van der Waals surface area contributed by atoms with E-state index >= 15 is 0 Å². The highest BCUT2D eigenvalue weighted by Gasteiger charge is 2.14. The van der Waals surface area contributed by atoms with Crippen LogP contribution in [0.3, 0.4) is 0 Å². The molecule has 13 heavy (non-hydrogen) atoms. The summed E-state index contributed by atoms with van der Waals surface area (Å²) in [4.78, 5) is 10.2. The number of nitrogens with zero attached hydrogens (tertiary/aromatic N) is 2. The second-order valence-electron chi connectivity index (χ2n) is 2.47. The lowest BCUT2D eigenvalue weighted by Crippen LogP contribution is -1.88. The van der Waals surface area contributed by atoms with E-state index in [1.54, 1.807) is 12.1 Å². The average molecular weight is 289 g/mol. The number of nitro benzene ring substituents is 1. The summed E-state index contributed by atoms with van der Waals surface area (Å²) in [6.45, 7) is 0. The number of fused-ring (bicyclic) bond motifs is 1. The van der Waals surface area contributed by atoms with E-state index in [-0.39, 0.29) is 5.69 Å². The molecule has 0 bridgehead atoms. The molecule has 0 amide bonds. The van der Waals surface area contributed by atoms with Crippen molar-refractivity contribution in [1.82, 2.24) is 10.2 Å². The molecule has 1 heterocycles. The summed E-state index contributed by atoms with van der Waals surface area (Å²) in [6.07, 6.45) is 0. The summed E-state index contributed by atoms with van der Waals surface area (Å²) in [5, 5.41) is 17.9. The van der Waals surface area contributed by atoms with E-state index < -0.39 is 4.92 Å². The summed E-state index contributed by atoms with van der Waals surface area (Å²) >= 11 is 2.03. The lowest BCUT2D eigenvalue weighted by Gasteiger charge is -1.91. The summed E-state index contributed by atoms with van der Waals surface area (Å²) in [7, 11) is 0. The molecule has 0 aliphatic rings. The van der Waals surface area contributed by atoms with Crippen molar-refractivity contribution in [3.63, 3.8) is 0 Å². The number of non-ortho nitro benzene ring substituents is 1. The molecule has 0 saturated heterocycles. The molecule has 0 spiro atoms. The van der Waals surface area contributed by atoms with Gasteiger partial charge in [-0.1, -0.05) is 6.07 Å². The fourth-order valence-corrected chi connectivity index (χ4v) is 1.72. The summed E-state index contributed by atoms with van der Waals surface area (Å²) in [5.41, 5.74) is 0.546. The molecule has 0 fully saturated rings. The van der Waals surface area contributed by atoms with Crippen molar-refractivity contribution in [2.45, 2.75) is 0 Å². The minimum atomic E-state index is -0.420. The Bertz CT molecular complexity index is 480. The lowest BCUT2D eigenvalue weighted by atomic mass is 10.2. The first-order chi connectivity index (χ1) is 6.20. The van der Waals surface area contributed by atoms with E-state index in [2.05, 4.69) is 10.2 Å². The van der Waals surface area contributed by atoms with Gasteiger partial charge in [0.2, 0.25) is 0 Å². The van der Waals surface area contributed by atoms with Gasteiger partial charge in [-0.25, -0.2) is 0 Å². The maximum absolute atomic E-state index is 10.6. The van der Waals surface area contributed by atoms with Crippen molar-refractivity contribution in [3.8, 4) is 0 Å². The Morgan fingerprint density at radius 2 is 2.31 bits per heavy atom. The average Bonchev–Trinajstić information content (AvgIpc) is 2.48. The highest BCUT2D eigenvalue weighted by molar-refractivity contribution is 14.1. The van der Waals surface area contributed by atoms with Gasteiger partial charge >= 0.3 is 0 Å². The number of hydrogen-bond acceptors (Lipinski definition) is 3. The van der Waals surface area contributed by atoms with Gasteiger partial charge < -0.3 is 0 Å². The second kappa shape index (κ2) is 2.95. The normalized spacial score (nSPS) is 10.5. The van der Waals surface area contributed by atoms with Gasteiger partial charge in [0.25, 0.3) is 5.69 Å². The Morgan fingerprint density at radius 1 is 1.54 bits per heavy atom. The number of halogens is 1. The topological polar surface area (TPSA) is 71.8 Å². The predicted molar refractivity (Wildman–Crippen MR) is 55.5 cm³/mol. The van der Waals surface area contributed by atoms with Crippen molar-refractivity contribution in [2.75, 3.05) is 0 Å². The third kappa shape index (κ3) is 1.26. The molecule has 0 atom stereocenters. The van der Waals surface area contributed by atoms with Crippen LogP contribution in [0.15, 0.2) is 18.2 Å². The van der Waals surface area contributed by atoms with Crippen molar-refractivity contribution in [2.24, 2.45) is 0 Å². The zero-order chi connectivity index (χ0) is 9.42. The van der Waals surface area contributed by atoms with Gasteiger partial charge in [-0.2, -0.15) is 5.10 Å². The lowest BCUT2D eigenvalue weighted by molar-refractivity contribution is -0.383. The van der Waals surface area contributed by atoms with Crippen LogP contribution in [0, 0.1) is 13.8 Å². The van der Waals surface area contributed by atoms with Crippen molar-refractivity contribution >= 4 is 39.2 Å². The van der Waals surface area contributed by atoms with Crippen LogP contribution >= 0.6 is 22.6 Å². The minimum absolute atomic E-state index is 0.0629. The summed E-state index contributed by atoms with van der Waals surface area (Å²) in [5.74, 6) is 0. The van der Waals surface area contributed by atoms with E-state index in [1.807, 2.05) is 22.6 Å². The molecule has 0 aliphatic carbocycles. The third-order valence-electron chi connectivity index (χ3n) is 1.73. The highest BCUT2D eigenvalue weighted by atomic mass is 127. The Balaban J connectivity index is 2.84. The molecule has 2 aromatic rings. The van der Waals surface area contributed by atoms with Gasteiger partial charge in [-0.3, -0.25) is 15.2 Å². The number of aromatic nitrogens is 2. The number of nitro groups is 1. The van der Waals surface area contributed by atoms with E-state index in [0.29, 0.717) is 5.52 Å². The molecule has 66 valence electrons. The predicted octanol–water partition coefficient (Wildman–Crippen LogP) is 2.08. The van der Waals surface area contributed by atoms with Crippen LogP contribution in [0.2, 0.25) is 0 Å². The summed E-state index contributed by atoms with van der Waals surface area (Å²) < 4.78 is 0.747. The van der Waals surface area contributed by atoms with Gasteiger partial charge in [0.1, 0.15) is 9.22 Å². The number of para-hydroxylation sites is 1.